The number of carbonyl (C=O) groups is 1. The van der Waals surface area contributed by atoms with Crippen molar-refractivity contribution in [2.24, 2.45) is 4.99 Å². The van der Waals surface area contributed by atoms with E-state index < -0.39 is 0 Å². The first kappa shape index (κ1) is 11.8. The molecule has 1 heterocycles. The first-order valence-electron chi connectivity index (χ1n) is 4.61. The van der Waals surface area contributed by atoms with Gasteiger partial charge in [-0.15, -0.1) is 0 Å². The lowest BCUT2D eigenvalue weighted by atomic mass is 10.3. The van der Waals surface area contributed by atoms with Crippen molar-refractivity contribution in [1.29, 1.82) is 0 Å². The number of aliphatic imine (C=N–C) groups is 1. The zero-order valence-corrected chi connectivity index (χ0v) is 10.5. The lowest BCUT2D eigenvalue weighted by molar-refractivity contribution is -0.119. The van der Waals surface area contributed by atoms with Crippen molar-refractivity contribution in [3.8, 4) is 0 Å². The average Bonchev–Trinajstić information content (AvgIpc) is 2.15. The van der Waals surface area contributed by atoms with Crippen molar-refractivity contribution < 1.29 is 4.79 Å². The van der Waals surface area contributed by atoms with Crippen LogP contribution in [0.4, 0.5) is 5.69 Å². The quantitative estimate of drug-likeness (QED) is 0.854. The number of amidine groups is 1. The van der Waals surface area contributed by atoms with E-state index in [4.69, 9.17) is 23.2 Å². The summed E-state index contributed by atoms with van der Waals surface area (Å²) in [7, 11) is 0. The first-order valence-corrected chi connectivity index (χ1v) is 6.35. The minimum Gasteiger partial charge on any atom is -0.305 e. The monoisotopic (exact) mass is 274 g/mol. The van der Waals surface area contributed by atoms with Gasteiger partial charge < -0.3 is 5.32 Å². The molecule has 0 atom stereocenters. The third kappa shape index (κ3) is 3.14. The molecular weight excluding hydrogens is 267 g/mol. The minimum absolute atomic E-state index is 0.00868. The molecule has 1 N–H and O–H groups in total. The van der Waals surface area contributed by atoms with Crippen LogP contribution in [0.5, 0.6) is 0 Å². The van der Waals surface area contributed by atoms with Crippen LogP contribution in [0.2, 0.25) is 10.0 Å². The van der Waals surface area contributed by atoms with Crippen molar-refractivity contribution in [2.75, 3.05) is 5.75 Å². The van der Waals surface area contributed by atoms with E-state index in [-0.39, 0.29) is 5.91 Å². The number of amides is 1. The fourth-order valence-corrected chi connectivity index (χ4v) is 2.59. The van der Waals surface area contributed by atoms with Gasteiger partial charge in [0.25, 0.3) is 0 Å². The molecule has 0 saturated carbocycles. The van der Waals surface area contributed by atoms with Gasteiger partial charge in [-0.1, -0.05) is 35.0 Å². The number of hydrogen-bond donors (Lipinski definition) is 1. The van der Waals surface area contributed by atoms with Crippen LogP contribution < -0.4 is 5.32 Å². The highest BCUT2D eigenvalue weighted by Crippen LogP contribution is 2.25. The van der Waals surface area contributed by atoms with Gasteiger partial charge in [-0.2, -0.15) is 0 Å². The number of carbonyl (C=O) groups excluding carboxylic acids is 1. The number of rotatable bonds is 1. The molecule has 1 aliphatic heterocycles. The molecule has 1 fully saturated rings. The lowest BCUT2D eigenvalue weighted by Crippen LogP contribution is -2.32. The predicted octanol–water partition coefficient (Wildman–Crippen LogP) is 3.23. The lowest BCUT2D eigenvalue weighted by Gasteiger charge is -2.13. The summed E-state index contributed by atoms with van der Waals surface area (Å²) in [5, 5.41) is 4.34. The van der Waals surface area contributed by atoms with Gasteiger partial charge in [0.05, 0.1) is 5.69 Å². The molecule has 1 aromatic rings. The molecule has 1 aliphatic rings. The van der Waals surface area contributed by atoms with Crippen LogP contribution in [0.15, 0.2) is 23.2 Å². The Bertz CT molecular complexity index is 442. The van der Waals surface area contributed by atoms with Gasteiger partial charge >= 0.3 is 0 Å². The maximum atomic E-state index is 11.1. The molecule has 16 heavy (non-hydrogen) atoms. The molecule has 0 unspecified atom stereocenters. The van der Waals surface area contributed by atoms with E-state index in [2.05, 4.69) is 10.3 Å². The summed E-state index contributed by atoms with van der Waals surface area (Å²) in [5.74, 6) is 0.740. The second-order valence-electron chi connectivity index (χ2n) is 3.19. The number of benzene rings is 1. The molecule has 6 heteroatoms. The van der Waals surface area contributed by atoms with Gasteiger partial charge in [-0.25, -0.2) is 4.99 Å². The smallest absolute Gasteiger partial charge is 0.226 e. The third-order valence-electron chi connectivity index (χ3n) is 1.89. The molecule has 0 spiro atoms. The molecule has 2 rings (SSSR count). The number of nitrogens with one attached hydrogen (secondary N) is 1. The van der Waals surface area contributed by atoms with Gasteiger partial charge in [0.15, 0.2) is 5.17 Å². The summed E-state index contributed by atoms with van der Waals surface area (Å²) in [5.41, 5.74) is 0.641. The Morgan fingerprint density at radius 1 is 1.25 bits per heavy atom. The summed E-state index contributed by atoms with van der Waals surface area (Å²) in [6.07, 6.45) is 0.528. The third-order valence-corrected chi connectivity index (χ3v) is 3.20. The molecule has 1 aromatic carbocycles. The van der Waals surface area contributed by atoms with Crippen molar-refractivity contribution in [3.05, 3.63) is 28.2 Å². The number of hydrogen-bond acceptors (Lipinski definition) is 3. The Labute approximate surface area is 107 Å². The zero-order valence-electron chi connectivity index (χ0n) is 8.17. The Balaban J connectivity index is 2.24. The Kier molecular flexibility index (Phi) is 3.74. The number of halogens is 2. The number of thioether (sulfide) groups is 1. The second kappa shape index (κ2) is 5.08. The molecular formula is C10H8Cl2N2OS. The van der Waals surface area contributed by atoms with Crippen LogP contribution in [0, 0.1) is 0 Å². The number of nitrogens with zero attached hydrogens (tertiary/aromatic N) is 1. The van der Waals surface area contributed by atoms with E-state index in [1.807, 2.05) is 0 Å². The highest BCUT2D eigenvalue weighted by atomic mass is 35.5. The van der Waals surface area contributed by atoms with Crippen molar-refractivity contribution >= 4 is 51.7 Å². The molecule has 1 amide bonds. The molecule has 3 nitrogen and oxygen atoms in total. The van der Waals surface area contributed by atoms with E-state index in [1.165, 1.54) is 11.8 Å². The molecule has 0 aliphatic carbocycles. The van der Waals surface area contributed by atoms with Crippen molar-refractivity contribution in [1.82, 2.24) is 5.32 Å². The fraction of sp³-hybridized carbons (Fsp3) is 0.200. The Morgan fingerprint density at radius 2 is 1.94 bits per heavy atom. The maximum Gasteiger partial charge on any atom is 0.226 e. The highest BCUT2D eigenvalue weighted by Gasteiger charge is 2.13. The second-order valence-corrected chi connectivity index (χ2v) is 5.15. The summed E-state index contributed by atoms with van der Waals surface area (Å²) < 4.78 is 0. The Hall–Kier alpha value is -0.710. The molecule has 84 valence electrons. The van der Waals surface area contributed by atoms with Crippen LogP contribution in [0.3, 0.4) is 0 Å². The normalized spacial score (nSPS) is 18.6. The maximum absolute atomic E-state index is 11.1. The van der Waals surface area contributed by atoms with Crippen LogP contribution >= 0.6 is 35.0 Å². The van der Waals surface area contributed by atoms with E-state index in [1.54, 1.807) is 18.2 Å². The van der Waals surface area contributed by atoms with E-state index >= 15 is 0 Å². The molecule has 0 bridgehead atoms. The SMILES string of the molecule is O=C1CCSC(=Nc2cc(Cl)cc(Cl)c2)N1. The van der Waals surface area contributed by atoms with Crippen molar-refractivity contribution in [2.45, 2.75) is 6.42 Å². The van der Waals surface area contributed by atoms with Crippen LogP contribution in [0.1, 0.15) is 6.42 Å². The predicted molar refractivity (Wildman–Crippen MR) is 68.8 cm³/mol. The van der Waals surface area contributed by atoms with Crippen LogP contribution in [-0.4, -0.2) is 16.8 Å². The van der Waals surface area contributed by atoms with Gasteiger partial charge in [-0.3, -0.25) is 4.79 Å². The van der Waals surface area contributed by atoms with E-state index in [0.29, 0.717) is 27.3 Å². The zero-order chi connectivity index (χ0) is 11.5. The van der Waals surface area contributed by atoms with Gasteiger partial charge in [0, 0.05) is 22.2 Å². The largest absolute Gasteiger partial charge is 0.305 e. The summed E-state index contributed by atoms with van der Waals surface area (Å²) in [6.45, 7) is 0. The first-order chi connectivity index (χ1) is 7.63. The van der Waals surface area contributed by atoms with Crippen molar-refractivity contribution in [3.63, 3.8) is 0 Å². The Morgan fingerprint density at radius 3 is 2.56 bits per heavy atom. The fourth-order valence-electron chi connectivity index (χ4n) is 1.24. The molecule has 0 aromatic heterocycles. The molecule has 1 saturated heterocycles. The molecule has 0 radical (unpaired) electrons. The van der Waals surface area contributed by atoms with E-state index in [9.17, 15) is 4.79 Å². The summed E-state index contributed by atoms with van der Waals surface area (Å²) >= 11 is 13.2. The van der Waals surface area contributed by atoms with E-state index in [0.717, 1.165) is 5.75 Å². The standard InChI is InChI=1S/C10H8Cl2N2OS/c11-6-3-7(12)5-8(4-6)13-10-14-9(15)1-2-16-10/h3-5H,1-2H2,(H,13,14,15). The average molecular weight is 275 g/mol. The summed E-state index contributed by atoms with van der Waals surface area (Å²) in [6, 6.07) is 5.03. The van der Waals surface area contributed by atoms with Crippen LogP contribution in [0.25, 0.3) is 0 Å². The van der Waals surface area contributed by atoms with Gasteiger partial charge in [0.1, 0.15) is 0 Å². The highest BCUT2D eigenvalue weighted by molar-refractivity contribution is 8.14. The minimum atomic E-state index is -0.00868. The van der Waals surface area contributed by atoms with Crippen LogP contribution in [-0.2, 0) is 4.79 Å². The summed E-state index contributed by atoms with van der Waals surface area (Å²) in [4.78, 5) is 15.4. The van der Waals surface area contributed by atoms with Gasteiger partial charge in [-0.05, 0) is 18.2 Å². The van der Waals surface area contributed by atoms with Gasteiger partial charge in [0.2, 0.25) is 5.91 Å². The topological polar surface area (TPSA) is 41.5 Å².